The minimum Gasteiger partial charge on any atom is -0.497 e. The number of rotatable bonds is 4. The van der Waals surface area contributed by atoms with Gasteiger partial charge in [0.05, 0.1) is 7.11 Å². The lowest BCUT2D eigenvalue weighted by atomic mass is 10.1. The van der Waals surface area contributed by atoms with Gasteiger partial charge in [0.25, 0.3) is 0 Å². The second-order valence-corrected chi connectivity index (χ2v) is 4.37. The molecule has 4 nitrogen and oxygen atoms in total. The van der Waals surface area contributed by atoms with Crippen LogP contribution in [0.3, 0.4) is 0 Å². The Bertz CT molecular complexity index is 451. The lowest BCUT2D eigenvalue weighted by Gasteiger charge is -2.25. The fourth-order valence-electron chi connectivity index (χ4n) is 2.04. The largest absolute Gasteiger partial charge is 0.497 e. The van der Waals surface area contributed by atoms with E-state index in [4.69, 9.17) is 9.84 Å². The van der Waals surface area contributed by atoms with E-state index in [1.807, 2.05) is 24.3 Å². The fourth-order valence-corrected chi connectivity index (χ4v) is 2.04. The molecule has 0 atom stereocenters. The van der Waals surface area contributed by atoms with Crippen molar-refractivity contribution in [3.8, 4) is 5.75 Å². The minimum absolute atomic E-state index is 0.529. The van der Waals surface area contributed by atoms with Crippen LogP contribution in [0.1, 0.15) is 12.0 Å². The SMILES string of the molecule is COc1ccc(CN2CC=C(C(=O)O)CC2)cc1. The third-order valence-electron chi connectivity index (χ3n) is 3.13. The smallest absolute Gasteiger partial charge is 0.331 e. The Morgan fingerprint density at radius 1 is 1.39 bits per heavy atom. The highest BCUT2D eigenvalue weighted by Gasteiger charge is 2.15. The number of ether oxygens (including phenoxy) is 1. The molecule has 1 aromatic rings. The molecule has 0 amide bonds. The van der Waals surface area contributed by atoms with Gasteiger partial charge in [-0.2, -0.15) is 0 Å². The molecule has 1 heterocycles. The number of benzene rings is 1. The average molecular weight is 247 g/mol. The van der Waals surface area contributed by atoms with E-state index in [1.165, 1.54) is 5.56 Å². The fraction of sp³-hybridized carbons (Fsp3) is 0.357. The molecule has 0 aliphatic carbocycles. The van der Waals surface area contributed by atoms with Crippen molar-refractivity contribution in [1.82, 2.24) is 4.90 Å². The van der Waals surface area contributed by atoms with Crippen LogP contribution in [0.2, 0.25) is 0 Å². The first-order valence-electron chi connectivity index (χ1n) is 5.96. The highest BCUT2D eigenvalue weighted by Crippen LogP contribution is 2.16. The zero-order chi connectivity index (χ0) is 13.0. The third kappa shape index (κ3) is 3.11. The van der Waals surface area contributed by atoms with Crippen LogP contribution < -0.4 is 4.74 Å². The maximum atomic E-state index is 10.8. The Morgan fingerprint density at radius 3 is 2.61 bits per heavy atom. The molecule has 4 heteroatoms. The maximum absolute atomic E-state index is 10.8. The van der Waals surface area contributed by atoms with Crippen LogP contribution >= 0.6 is 0 Å². The van der Waals surface area contributed by atoms with Crippen LogP contribution in [0.25, 0.3) is 0 Å². The lowest BCUT2D eigenvalue weighted by molar-refractivity contribution is -0.133. The van der Waals surface area contributed by atoms with Crippen LogP contribution in [0.15, 0.2) is 35.9 Å². The number of nitrogens with zero attached hydrogens (tertiary/aromatic N) is 1. The molecule has 0 aromatic heterocycles. The number of carboxylic acids is 1. The predicted molar refractivity (Wildman–Crippen MR) is 68.6 cm³/mol. The van der Waals surface area contributed by atoms with E-state index >= 15 is 0 Å². The molecule has 1 aliphatic rings. The molecule has 0 radical (unpaired) electrons. The van der Waals surface area contributed by atoms with Crippen molar-refractivity contribution in [2.45, 2.75) is 13.0 Å². The summed E-state index contributed by atoms with van der Waals surface area (Å²) >= 11 is 0. The summed E-state index contributed by atoms with van der Waals surface area (Å²) in [5.41, 5.74) is 1.74. The zero-order valence-corrected chi connectivity index (χ0v) is 10.4. The van der Waals surface area contributed by atoms with E-state index in [2.05, 4.69) is 4.90 Å². The number of carbonyl (C=O) groups is 1. The second kappa shape index (κ2) is 5.69. The number of aliphatic carboxylic acids is 1. The van der Waals surface area contributed by atoms with Gasteiger partial charge in [-0.25, -0.2) is 4.79 Å². The molecule has 2 rings (SSSR count). The molecular weight excluding hydrogens is 230 g/mol. The van der Waals surface area contributed by atoms with E-state index in [-0.39, 0.29) is 0 Å². The van der Waals surface area contributed by atoms with Crippen molar-refractivity contribution in [2.75, 3.05) is 20.2 Å². The van der Waals surface area contributed by atoms with Gasteiger partial charge in [0, 0.05) is 25.2 Å². The first-order valence-corrected chi connectivity index (χ1v) is 5.96. The summed E-state index contributed by atoms with van der Waals surface area (Å²) in [5, 5.41) is 8.87. The lowest BCUT2D eigenvalue weighted by Crippen LogP contribution is -2.29. The van der Waals surface area contributed by atoms with Gasteiger partial charge in [-0.15, -0.1) is 0 Å². The number of hydrogen-bond acceptors (Lipinski definition) is 3. The standard InChI is InChI=1S/C14H17NO3/c1-18-13-4-2-11(3-5-13)10-15-8-6-12(7-9-15)14(16)17/h2-6H,7-10H2,1H3,(H,16,17). The Hall–Kier alpha value is -1.81. The summed E-state index contributed by atoms with van der Waals surface area (Å²) in [6, 6.07) is 7.96. The van der Waals surface area contributed by atoms with Crippen LogP contribution in [-0.2, 0) is 11.3 Å². The molecule has 1 N–H and O–H groups in total. The van der Waals surface area contributed by atoms with Crippen molar-refractivity contribution in [3.63, 3.8) is 0 Å². The van der Waals surface area contributed by atoms with Crippen molar-refractivity contribution in [3.05, 3.63) is 41.5 Å². The van der Waals surface area contributed by atoms with Gasteiger partial charge >= 0.3 is 5.97 Å². The van der Waals surface area contributed by atoms with E-state index in [1.54, 1.807) is 13.2 Å². The maximum Gasteiger partial charge on any atom is 0.331 e. The van der Waals surface area contributed by atoms with Crippen molar-refractivity contribution < 1.29 is 14.6 Å². The van der Waals surface area contributed by atoms with Crippen LogP contribution in [0.4, 0.5) is 0 Å². The molecule has 18 heavy (non-hydrogen) atoms. The first-order chi connectivity index (χ1) is 8.69. The monoisotopic (exact) mass is 247 g/mol. The van der Waals surface area contributed by atoms with Gasteiger partial charge in [0.15, 0.2) is 0 Å². The highest BCUT2D eigenvalue weighted by atomic mass is 16.5. The molecule has 0 fully saturated rings. The molecule has 0 saturated heterocycles. The topological polar surface area (TPSA) is 49.8 Å². The summed E-state index contributed by atoms with van der Waals surface area (Å²) < 4.78 is 5.11. The van der Waals surface area contributed by atoms with Gasteiger partial charge in [-0.1, -0.05) is 18.2 Å². The van der Waals surface area contributed by atoms with Gasteiger partial charge in [-0.3, -0.25) is 4.90 Å². The van der Waals surface area contributed by atoms with Crippen molar-refractivity contribution in [2.24, 2.45) is 0 Å². The van der Waals surface area contributed by atoms with Crippen molar-refractivity contribution >= 4 is 5.97 Å². The molecular formula is C14H17NO3. The summed E-state index contributed by atoms with van der Waals surface area (Å²) in [5.74, 6) is 0.0598. The van der Waals surface area contributed by atoms with Crippen molar-refractivity contribution in [1.29, 1.82) is 0 Å². The Kier molecular flexibility index (Phi) is 3.99. The Labute approximate surface area is 106 Å². The average Bonchev–Trinajstić information content (AvgIpc) is 2.40. The minimum atomic E-state index is -0.793. The summed E-state index contributed by atoms with van der Waals surface area (Å²) in [6.45, 7) is 2.34. The van der Waals surface area contributed by atoms with Gasteiger partial charge in [0.2, 0.25) is 0 Å². The molecule has 1 aromatic carbocycles. The third-order valence-corrected chi connectivity index (χ3v) is 3.13. The predicted octanol–water partition coefficient (Wildman–Crippen LogP) is 1.91. The molecule has 0 bridgehead atoms. The Balaban J connectivity index is 1.93. The summed E-state index contributed by atoms with van der Waals surface area (Å²) in [7, 11) is 1.65. The van der Waals surface area contributed by atoms with Crippen LogP contribution in [0.5, 0.6) is 5.75 Å². The number of hydrogen-bond donors (Lipinski definition) is 1. The van der Waals surface area contributed by atoms with E-state index in [0.29, 0.717) is 18.5 Å². The van der Waals surface area contributed by atoms with E-state index in [9.17, 15) is 4.79 Å². The molecule has 0 unspecified atom stereocenters. The quantitative estimate of drug-likeness (QED) is 0.883. The molecule has 96 valence electrons. The summed E-state index contributed by atoms with van der Waals surface area (Å²) in [4.78, 5) is 13.0. The van der Waals surface area contributed by atoms with Gasteiger partial charge in [-0.05, 0) is 24.1 Å². The van der Waals surface area contributed by atoms with E-state index in [0.717, 1.165) is 18.8 Å². The molecule has 0 saturated carbocycles. The molecule has 0 spiro atoms. The number of methoxy groups -OCH3 is 1. The van der Waals surface area contributed by atoms with Gasteiger partial charge in [0.1, 0.15) is 5.75 Å². The van der Waals surface area contributed by atoms with Gasteiger partial charge < -0.3 is 9.84 Å². The Morgan fingerprint density at radius 2 is 2.11 bits per heavy atom. The normalized spacial score (nSPS) is 16.2. The summed E-state index contributed by atoms with van der Waals surface area (Å²) in [6.07, 6.45) is 2.42. The molecule has 1 aliphatic heterocycles. The number of carboxylic acid groups (broad SMARTS) is 1. The van der Waals surface area contributed by atoms with E-state index < -0.39 is 5.97 Å². The highest BCUT2D eigenvalue weighted by molar-refractivity contribution is 5.86. The first kappa shape index (κ1) is 12.6. The zero-order valence-electron chi connectivity index (χ0n) is 10.4. The van der Waals surface area contributed by atoms with Crippen LogP contribution in [-0.4, -0.2) is 36.2 Å². The second-order valence-electron chi connectivity index (χ2n) is 4.37. The van der Waals surface area contributed by atoms with Crippen LogP contribution in [0, 0.1) is 0 Å².